The van der Waals surface area contributed by atoms with Gasteiger partial charge in [0.1, 0.15) is 12.2 Å². The minimum Gasteiger partial charge on any atom is -0.493 e. The maximum atomic E-state index is 11.0. The van der Waals surface area contributed by atoms with E-state index in [-0.39, 0.29) is 0 Å². The molecule has 3 rings (SSSR count). The van der Waals surface area contributed by atoms with Crippen LogP contribution in [0.15, 0.2) is 48.5 Å². The maximum absolute atomic E-state index is 11.0. The minimum absolute atomic E-state index is 0.574. The van der Waals surface area contributed by atoms with Crippen LogP contribution in [0.25, 0.3) is 0 Å². The van der Waals surface area contributed by atoms with Crippen LogP contribution in [-0.4, -0.2) is 43.4 Å². The molecule has 2 aromatic rings. The molecule has 0 radical (unpaired) electrons. The van der Waals surface area contributed by atoms with Crippen LogP contribution in [0, 0.1) is 6.92 Å². The van der Waals surface area contributed by atoms with Gasteiger partial charge in [-0.05, 0) is 36.6 Å². The highest BCUT2D eigenvalue weighted by Crippen LogP contribution is 2.33. The third-order valence-electron chi connectivity index (χ3n) is 4.71. The molecular weight excluding hydrogens is 302 g/mol. The van der Waals surface area contributed by atoms with Gasteiger partial charge in [-0.25, -0.2) is 0 Å². The lowest BCUT2D eigenvalue weighted by molar-refractivity contribution is 0.0441. The number of likely N-dealkylation sites (tertiary alicyclic amines) is 1. The number of aryl methyl sites for hydroxylation is 1. The molecule has 2 aromatic carbocycles. The number of nitrogens with zero attached hydrogens (tertiary/aromatic N) is 1. The highest BCUT2D eigenvalue weighted by molar-refractivity contribution is 5.39. The van der Waals surface area contributed by atoms with Gasteiger partial charge in [-0.15, -0.1) is 0 Å². The van der Waals surface area contributed by atoms with E-state index in [1.54, 1.807) is 7.11 Å². The second-order valence-corrected chi connectivity index (χ2v) is 6.37. The number of aliphatic hydroxyl groups is 1. The molecule has 0 amide bonds. The molecule has 24 heavy (non-hydrogen) atoms. The Kier molecular flexibility index (Phi) is 5.07. The molecule has 1 N–H and O–H groups in total. The zero-order chi connectivity index (χ0) is 17.0. The number of ether oxygens (including phenoxy) is 2. The number of rotatable bonds is 6. The first-order valence-electron chi connectivity index (χ1n) is 8.39. The number of hydrogen-bond donors (Lipinski definition) is 1. The Morgan fingerprint density at radius 3 is 2.54 bits per heavy atom. The summed E-state index contributed by atoms with van der Waals surface area (Å²) in [6, 6.07) is 15.8. The van der Waals surface area contributed by atoms with Gasteiger partial charge in [-0.2, -0.15) is 0 Å². The van der Waals surface area contributed by atoms with Crippen LogP contribution in [0.5, 0.6) is 11.5 Å². The Morgan fingerprint density at radius 1 is 1.08 bits per heavy atom. The Hall–Kier alpha value is -2.04. The molecular formula is C20H25NO3. The van der Waals surface area contributed by atoms with Gasteiger partial charge in [0.05, 0.1) is 7.11 Å². The summed E-state index contributed by atoms with van der Waals surface area (Å²) >= 11 is 0. The minimum atomic E-state index is -0.754. The van der Waals surface area contributed by atoms with E-state index < -0.39 is 5.60 Å². The van der Waals surface area contributed by atoms with Crippen molar-refractivity contribution in [1.29, 1.82) is 0 Å². The first kappa shape index (κ1) is 16.8. The summed E-state index contributed by atoms with van der Waals surface area (Å²) in [4.78, 5) is 2.25. The molecule has 4 nitrogen and oxygen atoms in total. The molecule has 0 spiro atoms. The van der Waals surface area contributed by atoms with Crippen molar-refractivity contribution in [3.8, 4) is 11.5 Å². The highest BCUT2D eigenvalue weighted by Gasteiger charge is 2.38. The molecule has 0 aliphatic carbocycles. The van der Waals surface area contributed by atoms with E-state index in [0.717, 1.165) is 42.1 Å². The molecule has 1 unspecified atom stereocenters. The number of methoxy groups -OCH3 is 1. The second kappa shape index (κ2) is 7.24. The van der Waals surface area contributed by atoms with Crippen LogP contribution in [0.4, 0.5) is 0 Å². The number of benzene rings is 2. The summed E-state index contributed by atoms with van der Waals surface area (Å²) < 4.78 is 11.1. The highest BCUT2D eigenvalue weighted by atomic mass is 16.5. The van der Waals surface area contributed by atoms with Gasteiger partial charge in [-0.3, -0.25) is 4.90 Å². The molecule has 0 bridgehead atoms. The van der Waals surface area contributed by atoms with E-state index in [4.69, 9.17) is 9.47 Å². The van der Waals surface area contributed by atoms with Gasteiger partial charge in [0.15, 0.2) is 11.5 Å². The van der Waals surface area contributed by atoms with Crippen molar-refractivity contribution in [2.24, 2.45) is 0 Å². The monoisotopic (exact) mass is 327 g/mol. The Balaban J connectivity index is 1.56. The summed E-state index contributed by atoms with van der Waals surface area (Å²) in [6.45, 7) is 4.93. The van der Waals surface area contributed by atoms with Crippen molar-refractivity contribution in [2.75, 3.05) is 33.4 Å². The second-order valence-electron chi connectivity index (χ2n) is 6.37. The number of hydrogen-bond acceptors (Lipinski definition) is 4. The molecule has 1 heterocycles. The average molecular weight is 327 g/mol. The predicted octanol–water partition coefficient (Wildman–Crippen LogP) is 2.98. The summed E-state index contributed by atoms with van der Waals surface area (Å²) in [5.41, 5.74) is 1.43. The Labute approximate surface area is 143 Å². The fourth-order valence-electron chi connectivity index (χ4n) is 3.40. The van der Waals surface area contributed by atoms with Crippen LogP contribution in [-0.2, 0) is 5.60 Å². The molecule has 0 saturated carbocycles. The Morgan fingerprint density at radius 2 is 1.79 bits per heavy atom. The standard InChI is InChI=1S/C20H25NO3/c1-16-7-3-4-8-17(16)20(22)11-12-21(15-20)13-14-24-19-10-6-5-9-18(19)23-2/h3-10,22H,11-15H2,1-2H3. The van der Waals surface area contributed by atoms with Crippen LogP contribution in [0.2, 0.25) is 0 Å². The lowest BCUT2D eigenvalue weighted by atomic mass is 9.89. The zero-order valence-corrected chi connectivity index (χ0v) is 14.4. The van der Waals surface area contributed by atoms with Gasteiger partial charge in [0.2, 0.25) is 0 Å². The van der Waals surface area contributed by atoms with Crippen molar-refractivity contribution in [2.45, 2.75) is 18.9 Å². The van der Waals surface area contributed by atoms with Crippen LogP contribution >= 0.6 is 0 Å². The van der Waals surface area contributed by atoms with Crippen LogP contribution < -0.4 is 9.47 Å². The molecule has 1 aliphatic heterocycles. The SMILES string of the molecule is COc1ccccc1OCCN1CCC(O)(c2ccccc2C)C1. The summed E-state index contributed by atoms with van der Waals surface area (Å²) in [5, 5.41) is 11.0. The first-order valence-corrected chi connectivity index (χ1v) is 8.39. The summed E-state index contributed by atoms with van der Waals surface area (Å²) in [6.07, 6.45) is 0.756. The van der Waals surface area contributed by atoms with Gasteiger partial charge in [-0.1, -0.05) is 36.4 Å². The van der Waals surface area contributed by atoms with Gasteiger partial charge in [0.25, 0.3) is 0 Å². The normalized spacial score (nSPS) is 21.0. The molecule has 1 saturated heterocycles. The van der Waals surface area contributed by atoms with Crippen molar-refractivity contribution in [1.82, 2.24) is 4.90 Å². The topological polar surface area (TPSA) is 41.9 Å². The van der Waals surface area contributed by atoms with E-state index in [2.05, 4.69) is 17.9 Å². The first-order chi connectivity index (χ1) is 11.6. The number of β-amino-alcohol motifs (C(OH)–C–C–N with tert-alkyl or cyclic N) is 1. The molecule has 4 heteroatoms. The van der Waals surface area contributed by atoms with E-state index in [1.165, 1.54) is 0 Å². The van der Waals surface area contributed by atoms with Crippen molar-refractivity contribution in [3.63, 3.8) is 0 Å². The van der Waals surface area contributed by atoms with Crippen molar-refractivity contribution >= 4 is 0 Å². The van der Waals surface area contributed by atoms with E-state index in [0.29, 0.717) is 13.2 Å². The molecule has 128 valence electrons. The third kappa shape index (κ3) is 3.55. The molecule has 0 aromatic heterocycles. The van der Waals surface area contributed by atoms with E-state index in [9.17, 15) is 5.11 Å². The van der Waals surface area contributed by atoms with Gasteiger partial charge >= 0.3 is 0 Å². The smallest absolute Gasteiger partial charge is 0.161 e. The fraction of sp³-hybridized carbons (Fsp3) is 0.400. The maximum Gasteiger partial charge on any atom is 0.161 e. The Bertz CT molecular complexity index is 688. The summed E-state index contributed by atoms with van der Waals surface area (Å²) in [7, 11) is 1.64. The zero-order valence-electron chi connectivity index (χ0n) is 14.4. The van der Waals surface area contributed by atoms with E-state index in [1.807, 2.05) is 42.5 Å². The number of para-hydroxylation sites is 2. The quantitative estimate of drug-likeness (QED) is 0.886. The lowest BCUT2D eigenvalue weighted by Gasteiger charge is -2.25. The average Bonchev–Trinajstić information content (AvgIpc) is 2.98. The van der Waals surface area contributed by atoms with Crippen LogP contribution in [0.1, 0.15) is 17.5 Å². The predicted molar refractivity (Wildman–Crippen MR) is 94.6 cm³/mol. The molecule has 1 atom stereocenters. The van der Waals surface area contributed by atoms with Crippen molar-refractivity contribution in [3.05, 3.63) is 59.7 Å². The van der Waals surface area contributed by atoms with E-state index >= 15 is 0 Å². The molecule has 1 aliphatic rings. The largest absolute Gasteiger partial charge is 0.493 e. The van der Waals surface area contributed by atoms with Crippen LogP contribution in [0.3, 0.4) is 0 Å². The van der Waals surface area contributed by atoms with Gasteiger partial charge in [0, 0.05) is 19.6 Å². The summed E-state index contributed by atoms with van der Waals surface area (Å²) in [5.74, 6) is 1.50. The molecule has 1 fully saturated rings. The van der Waals surface area contributed by atoms with Crippen molar-refractivity contribution < 1.29 is 14.6 Å². The van der Waals surface area contributed by atoms with Gasteiger partial charge < -0.3 is 14.6 Å². The third-order valence-corrected chi connectivity index (χ3v) is 4.71. The fourth-order valence-corrected chi connectivity index (χ4v) is 3.40. The lowest BCUT2D eigenvalue weighted by Crippen LogP contribution is -2.33.